The molecule has 0 spiro atoms. The number of fused-ring (bicyclic) bond motifs is 1. The highest BCUT2D eigenvalue weighted by molar-refractivity contribution is 6.02. The van der Waals surface area contributed by atoms with Gasteiger partial charge in [-0.05, 0) is 37.2 Å². The zero-order valence-electron chi connectivity index (χ0n) is 10.9. The molecule has 0 aliphatic heterocycles. The van der Waals surface area contributed by atoms with Crippen molar-refractivity contribution < 1.29 is 9.53 Å². The van der Waals surface area contributed by atoms with Crippen LogP contribution in [0.15, 0.2) is 24.3 Å². The van der Waals surface area contributed by atoms with Gasteiger partial charge >= 0.3 is 0 Å². The first-order valence-electron chi connectivity index (χ1n) is 6.94. The first-order chi connectivity index (χ1) is 8.79. The first-order valence-corrected chi connectivity index (χ1v) is 6.94. The van der Waals surface area contributed by atoms with Crippen LogP contribution in [0.2, 0.25) is 0 Å². The lowest BCUT2D eigenvalue weighted by Gasteiger charge is -2.31. The van der Waals surface area contributed by atoms with E-state index < -0.39 is 0 Å². The average molecular weight is 244 g/mol. The minimum Gasteiger partial charge on any atom is -0.381 e. The Hall–Kier alpha value is -1.15. The van der Waals surface area contributed by atoms with Gasteiger partial charge in [-0.15, -0.1) is 0 Å². The summed E-state index contributed by atoms with van der Waals surface area (Å²) in [6.07, 6.45) is 5.89. The largest absolute Gasteiger partial charge is 0.381 e. The molecule has 0 aromatic heterocycles. The highest BCUT2D eigenvalue weighted by atomic mass is 16.5. The summed E-state index contributed by atoms with van der Waals surface area (Å²) in [5.41, 5.74) is 2.20. The number of Topliss-reactive ketones (excluding diaryl/α,β-unsaturated/α-hetero) is 1. The van der Waals surface area contributed by atoms with Crippen LogP contribution in [0.1, 0.15) is 41.6 Å². The minimum atomic E-state index is 0.209. The molecule has 1 aromatic rings. The van der Waals surface area contributed by atoms with Gasteiger partial charge in [-0.25, -0.2) is 0 Å². The molecular weight excluding hydrogens is 224 g/mol. The van der Waals surface area contributed by atoms with Gasteiger partial charge in [-0.2, -0.15) is 0 Å². The zero-order chi connectivity index (χ0) is 12.5. The molecule has 3 unspecified atom stereocenters. The molecule has 3 atom stereocenters. The van der Waals surface area contributed by atoms with E-state index in [4.69, 9.17) is 4.74 Å². The molecule has 0 radical (unpaired) electrons. The SMILES string of the molecule is COC1CCCC(C2Cc3ccccc3C2=O)C1. The zero-order valence-corrected chi connectivity index (χ0v) is 10.9. The summed E-state index contributed by atoms with van der Waals surface area (Å²) in [6, 6.07) is 8.09. The highest BCUT2D eigenvalue weighted by Gasteiger charge is 2.38. The molecule has 3 rings (SSSR count). The molecule has 0 heterocycles. The standard InChI is InChI=1S/C16H20O2/c1-18-13-7-4-6-11(9-13)15-10-12-5-2-3-8-14(12)16(15)17/h2-3,5,8,11,13,15H,4,6-7,9-10H2,1H3. The Balaban J connectivity index is 1.77. The van der Waals surface area contributed by atoms with Crippen molar-refractivity contribution >= 4 is 5.78 Å². The number of hydrogen-bond acceptors (Lipinski definition) is 2. The van der Waals surface area contributed by atoms with Gasteiger partial charge in [0.15, 0.2) is 5.78 Å². The van der Waals surface area contributed by atoms with E-state index in [1.807, 2.05) is 18.2 Å². The van der Waals surface area contributed by atoms with Crippen LogP contribution in [-0.4, -0.2) is 19.0 Å². The van der Waals surface area contributed by atoms with Crippen LogP contribution in [0.3, 0.4) is 0 Å². The van der Waals surface area contributed by atoms with Gasteiger partial charge in [0.1, 0.15) is 0 Å². The van der Waals surface area contributed by atoms with Crippen molar-refractivity contribution in [1.82, 2.24) is 0 Å². The summed E-state index contributed by atoms with van der Waals surface area (Å²) in [5.74, 6) is 1.09. The topological polar surface area (TPSA) is 26.3 Å². The third kappa shape index (κ3) is 1.99. The van der Waals surface area contributed by atoms with Gasteiger partial charge in [0.25, 0.3) is 0 Å². The molecule has 2 heteroatoms. The summed E-state index contributed by atoms with van der Waals surface area (Å²) in [6.45, 7) is 0. The fraction of sp³-hybridized carbons (Fsp3) is 0.562. The third-order valence-corrected chi connectivity index (χ3v) is 4.63. The Morgan fingerprint density at radius 3 is 2.83 bits per heavy atom. The normalized spacial score (nSPS) is 31.4. The lowest BCUT2D eigenvalue weighted by molar-refractivity contribution is 0.0367. The van der Waals surface area contributed by atoms with Crippen molar-refractivity contribution in [2.45, 2.75) is 38.2 Å². The van der Waals surface area contributed by atoms with Crippen LogP contribution in [0, 0.1) is 11.8 Å². The predicted octanol–water partition coefficient (Wildman–Crippen LogP) is 3.25. The summed E-state index contributed by atoms with van der Waals surface area (Å²) < 4.78 is 5.48. The van der Waals surface area contributed by atoms with Crippen LogP contribution in [0.25, 0.3) is 0 Å². The Morgan fingerprint density at radius 2 is 2.06 bits per heavy atom. The molecule has 18 heavy (non-hydrogen) atoms. The van der Waals surface area contributed by atoms with Gasteiger partial charge < -0.3 is 4.74 Å². The van der Waals surface area contributed by atoms with E-state index in [1.165, 1.54) is 18.4 Å². The fourth-order valence-corrected chi connectivity index (χ4v) is 3.61. The van der Waals surface area contributed by atoms with Gasteiger partial charge in [-0.1, -0.05) is 30.7 Å². The number of ether oxygens (including phenoxy) is 1. The minimum absolute atomic E-state index is 0.209. The summed E-state index contributed by atoms with van der Waals surface area (Å²) >= 11 is 0. The summed E-state index contributed by atoms with van der Waals surface area (Å²) in [5, 5.41) is 0. The lowest BCUT2D eigenvalue weighted by Crippen LogP contribution is -2.29. The lowest BCUT2D eigenvalue weighted by atomic mass is 9.77. The van der Waals surface area contributed by atoms with E-state index >= 15 is 0 Å². The smallest absolute Gasteiger partial charge is 0.166 e. The fourth-order valence-electron chi connectivity index (χ4n) is 3.61. The van der Waals surface area contributed by atoms with Crippen LogP contribution in [0.5, 0.6) is 0 Å². The molecule has 0 amide bonds. The van der Waals surface area contributed by atoms with Crippen molar-refractivity contribution in [3.8, 4) is 0 Å². The summed E-state index contributed by atoms with van der Waals surface area (Å²) in [4.78, 5) is 12.5. The molecule has 2 aliphatic carbocycles. The van der Waals surface area contributed by atoms with E-state index in [0.29, 0.717) is 17.8 Å². The monoisotopic (exact) mass is 244 g/mol. The second-order valence-corrected chi connectivity index (χ2v) is 5.62. The van der Waals surface area contributed by atoms with Crippen molar-refractivity contribution in [3.05, 3.63) is 35.4 Å². The summed E-state index contributed by atoms with van der Waals surface area (Å²) in [7, 11) is 1.79. The van der Waals surface area contributed by atoms with Gasteiger partial charge in [-0.3, -0.25) is 4.79 Å². The maximum absolute atomic E-state index is 12.5. The molecule has 1 saturated carbocycles. The van der Waals surface area contributed by atoms with Crippen molar-refractivity contribution in [2.75, 3.05) is 7.11 Å². The molecule has 0 bridgehead atoms. The molecule has 0 N–H and O–H groups in total. The van der Waals surface area contributed by atoms with Gasteiger partial charge in [0.2, 0.25) is 0 Å². The molecule has 1 aromatic carbocycles. The number of methoxy groups -OCH3 is 1. The van der Waals surface area contributed by atoms with E-state index in [9.17, 15) is 4.79 Å². The van der Waals surface area contributed by atoms with Crippen LogP contribution in [-0.2, 0) is 11.2 Å². The number of hydrogen-bond donors (Lipinski definition) is 0. The van der Waals surface area contributed by atoms with Crippen molar-refractivity contribution in [2.24, 2.45) is 11.8 Å². The van der Waals surface area contributed by atoms with Crippen molar-refractivity contribution in [1.29, 1.82) is 0 Å². The number of benzene rings is 1. The maximum atomic E-state index is 12.5. The van der Waals surface area contributed by atoms with E-state index in [-0.39, 0.29) is 5.92 Å². The second kappa shape index (κ2) is 4.85. The first kappa shape index (κ1) is 11.9. The molecule has 0 saturated heterocycles. The predicted molar refractivity (Wildman–Crippen MR) is 70.7 cm³/mol. The van der Waals surface area contributed by atoms with E-state index in [1.54, 1.807) is 7.11 Å². The molecular formula is C16H20O2. The van der Waals surface area contributed by atoms with Gasteiger partial charge in [0.05, 0.1) is 6.10 Å². The molecule has 96 valence electrons. The Morgan fingerprint density at radius 1 is 1.22 bits per heavy atom. The molecule has 2 aliphatic rings. The Bertz CT molecular complexity index is 452. The van der Waals surface area contributed by atoms with Crippen LogP contribution >= 0.6 is 0 Å². The maximum Gasteiger partial charge on any atom is 0.166 e. The molecule has 1 fully saturated rings. The van der Waals surface area contributed by atoms with Crippen molar-refractivity contribution in [3.63, 3.8) is 0 Å². The Kier molecular flexibility index (Phi) is 3.21. The number of ketones is 1. The number of carbonyl (C=O) groups excluding carboxylic acids is 1. The third-order valence-electron chi connectivity index (χ3n) is 4.63. The van der Waals surface area contributed by atoms with E-state index in [2.05, 4.69) is 6.07 Å². The van der Waals surface area contributed by atoms with Crippen LogP contribution in [0.4, 0.5) is 0 Å². The second-order valence-electron chi connectivity index (χ2n) is 5.62. The quantitative estimate of drug-likeness (QED) is 0.798. The number of rotatable bonds is 2. The highest BCUT2D eigenvalue weighted by Crippen LogP contribution is 2.39. The Labute approximate surface area is 108 Å². The van der Waals surface area contributed by atoms with Crippen LogP contribution < -0.4 is 0 Å². The molecule has 2 nitrogen and oxygen atoms in total. The van der Waals surface area contributed by atoms with Gasteiger partial charge in [0, 0.05) is 18.6 Å². The number of carbonyl (C=O) groups is 1. The average Bonchev–Trinajstić information content (AvgIpc) is 2.77. The van der Waals surface area contributed by atoms with E-state index in [0.717, 1.165) is 24.8 Å².